The number of carbonyl (C=O) groups is 1. The second kappa shape index (κ2) is 4.03. The highest BCUT2D eigenvalue weighted by Crippen LogP contribution is 2.26. The normalized spacial score (nSPS) is 24.4. The highest BCUT2D eigenvalue weighted by molar-refractivity contribution is 5.74. The molecule has 0 saturated carbocycles. The van der Waals surface area contributed by atoms with Crippen LogP contribution < -0.4 is 0 Å². The first-order valence-electron chi connectivity index (χ1n) is 5.05. The molecule has 0 fully saturated rings. The summed E-state index contributed by atoms with van der Waals surface area (Å²) in [6.07, 6.45) is 0.493. The maximum absolute atomic E-state index is 11.4. The molecule has 0 aliphatic heterocycles. The highest BCUT2D eigenvalue weighted by Gasteiger charge is 2.32. The van der Waals surface area contributed by atoms with E-state index in [4.69, 9.17) is 0 Å². The van der Waals surface area contributed by atoms with E-state index in [9.17, 15) is 9.90 Å². The van der Waals surface area contributed by atoms with Crippen molar-refractivity contribution in [1.82, 2.24) is 0 Å². The van der Waals surface area contributed by atoms with Crippen molar-refractivity contribution in [3.8, 4) is 0 Å². The standard InChI is InChI=1S/C12H14O3/c1-15-12(14)10-6-8-4-2-3-5-9(8)7-11(10)13/h2-5,10-11,13H,6-7H2,1H3. The zero-order valence-corrected chi connectivity index (χ0v) is 8.64. The number of hydrogen-bond acceptors (Lipinski definition) is 3. The van der Waals surface area contributed by atoms with Crippen LogP contribution in [0.15, 0.2) is 24.3 Å². The van der Waals surface area contributed by atoms with E-state index < -0.39 is 12.0 Å². The van der Waals surface area contributed by atoms with Gasteiger partial charge in [-0.05, 0) is 24.0 Å². The lowest BCUT2D eigenvalue weighted by molar-refractivity contribution is -0.149. The number of aliphatic hydroxyl groups excluding tert-OH is 1. The molecule has 0 heterocycles. The topological polar surface area (TPSA) is 46.5 Å². The Bertz CT molecular complexity index is 373. The summed E-state index contributed by atoms with van der Waals surface area (Å²) in [5.41, 5.74) is 2.27. The second-order valence-corrected chi connectivity index (χ2v) is 3.87. The Hall–Kier alpha value is -1.35. The minimum atomic E-state index is -0.618. The van der Waals surface area contributed by atoms with Crippen LogP contribution in [0.25, 0.3) is 0 Å². The Kier molecular flexibility index (Phi) is 2.73. The van der Waals surface area contributed by atoms with Crippen molar-refractivity contribution in [3.63, 3.8) is 0 Å². The molecule has 1 aliphatic carbocycles. The molecular formula is C12H14O3. The summed E-state index contributed by atoms with van der Waals surface area (Å²) in [7, 11) is 1.36. The summed E-state index contributed by atoms with van der Waals surface area (Å²) in [5.74, 6) is -0.734. The average molecular weight is 206 g/mol. The molecule has 3 heteroatoms. The molecule has 2 rings (SSSR count). The predicted octanol–water partition coefficient (Wildman–Crippen LogP) is 0.935. The van der Waals surface area contributed by atoms with Gasteiger partial charge >= 0.3 is 5.97 Å². The average Bonchev–Trinajstić information content (AvgIpc) is 2.27. The van der Waals surface area contributed by atoms with E-state index in [1.165, 1.54) is 7.11 Å². The van der Waals surface area contributed by atoms with Gasteiger partial charge in [0, 0.05) is 0 Å². The molecule has 0 radical (unpaired) electrons. The highest BCUT2D eigenvalue weighted by atomic mass is 16.5. The van der Waals surface area contributed by atoms with Crippen molar-refractivity contribution in [3.05, 3.63) is 35.4 Å². The number of benzene rings is 1. The number of fused-ring (bicyclic) bond motifs is 1. The minimum absolute atomic E-state index is 0.322. The molecule has 1 aromatic carbocycles. The monoisotopic (exact) mass is 206 g/mol. The van der Waals surface area contributed by atoms with Crippen LogP contribution in [0.3, 0.4) is 0 Å². The second-order valence-electron chi connectivity index (χ2n) is 3.87. The molecule has 1 aromatic rings. The van der Waals surface area contributed by atoms with Crippen LogP contribution in [0, 0.1) is 5.92 Å². The van der Waals surface area contributed by atoms with Gasteiger partial charge in [0.2, 0.25) is 0 Å². The summed E-state index contributed by atoms with van der Waals surface area (Å²) in [5, 5.41) is 9.82. The number of rotatable bonds is 1. The fourth-order valence-corrected chi connectivity index (χ4v) is 2.09. The van der Waals surface area contributed by atoms with Gasteiger partial charge in [0.05, 0.1) is 19.1 Å². The van der Waals surface area contributed by atoms with E-state index in [1.807, 2.05) is 24.3 Å². The molecule has 2 unspecified atom stereocenters. The number of methoxy groups -OCH3 is 1. The van der Waals surface area contributed by atoms with E-state index in [0.717, 1.165) is 11.1 Å². The van der Waals surface area contributed by atoms with Crippen LogP contribution in [0.5, 0.6) is 0 Å². The van der Waals surface area contributed by atoms with E-state index in [0.29, 0.717) is 12.8 Å². The minimum Gasteiger partial charge on any atom is -0.469 e. The van der Waals surface area contributed by atoms with Crippen molar-refractivity contribution < 1.29 is 14.6 Å². The van der Waals surface area contributed by atoms with Crippen LogP contribution in [-0.4, -0.2) is 24.3 Å². The van der Waals surface area contributed by atoms with Crippen molar-refractivity contribution in [2.75, 3.05) is 7.11 Å². The maximum atomic E-state index is 11.4. The van der Waals surface area contributed by atoms with Gasteiger partial charge < -0.3 is 9.84 Å². The lowest BCUT2D eigenvalue weighted by Gasteiger charge is -2.27. The van der Waals surface area contributed by atoms with Gasteiger partial charge in [-0.15, -0.1) is 0 Å². The molecule has 0 amide bonds. The third kappa shape index (κ3) is 1.88. The summed E-state index contributed by atoms with van der Waals surface area (Å²) >= 11 is 0. The largest absolute Gasteiger partial charge is 0.469 e. The Morgan fingerprint density at radius 2 is 1.93 bits per heavy atom. The fourth-order valence-electron chi connectivity index (χ4n) is 2.09. The molecule has 0 aromatic heterocycles. The van der Waals surface area contributed by atoms with Crippen LogP contribution in [0.2, 0.25) is 0 Å². The first-order chi connectivity index (χ1) is 7.22. The van der Waals surface area contributed by atoms with Crippen LogP contribution in [0.1, 0.15) is 11.1 Å². The number of esters is 1. The van der Waals surface area contributed by atoms with E-state index >= 15 is 0 Å². The zero-order chi connectivity index (χ0) is 10.8. The van der Waals surface area contributed by atoms with Gasteiger partial charge in [0.15, 0.2) is 0 Å². The Morgan fingerprint density at radius 3 is 2.53 bits per heavy atom. The Balaban J connectivity index is 2.25. The van der Waals surface area contributed by atoms with Crippen molar-refractivity contribution >= 4 is 5.97 Å². The summed E-state index contributed by atoms with van der Waals surface area (Å²) in [4.78, 5) is 11.4. The number of hydrogen-bond donors (Lipinski definition) is 1. The molecule has 15 heavy (non-hydrogen) atoms. The molecule has 80 valence electrons. The lowest BCUT2D eigenvalue weighted by atomic mass is 9.82. The molecule has 1 N–H and O–H groups in total. The van der Waals surface area contributed by atoms with Crippen LogP contribution >= 0.6 is 0 Å². The van der Waals surface area contributed by atoms with Gasteiger partial charge in [-0.2, -0.15) is 0 Å². The van der Waals surface area contributed by atoms with Crippen molar-refractivity contribution in [2.45, 2.75) is 18.9 Å². The number of aliphatic hydroxyl groups is 1. The van der Waals surface area contributed by atoms with Gasteiger partial charge in [-0.3, -0.25) is 4.79 Å². The molecule has 0 bridgehead atoms. The quantitative estimate of drug-likeness (QED) is 0.695. The molecule has 1 aliphatic rings. The van der Waals surface area contributed by atoms with Gasteiger partial charge in [-0.25, -0.2) is 0 Å². The molecule has 3 nitrogen and oxygen atoms in total. The van der Waals surface area contributed by atoms with Gasteiger partial charge in [-0.1, -0.05) is 24.3 Å². The smallest absolute Gasteiger partial charge is 0.311 e. The molecule has 2 atom stereocenters. The third-order valence-corrected chi connectivity index (χ3v) is 2.96. The first kappa shape index (κ1) is 10.2. The number of ether oxygens (including phenoxy) is 1. The molecule has 0 saturated heterocycles. The lowest BCUT2D eigenvalue weighted by Crippen LogP contribution is -2.36. The molecular weight excluding hydrogens is 192 g/mol. The predicted molar refractivity (Wildman–Crippen MR) is 55.4 cm³/mol. The Morgan fingerprint density at radius 1 is 1.33 bits per heavy atom. The summed E-state index contributed by atoms with van der Waals surface area (Å²) in [6, 6.07) is 7.89. The maximum Gasteiger partial charge on any atom is 0.311 e. The van der Waals surface area contributed by atoms with E-state index in [1.54, 1.807) is 0 Å². The zero-order valence-electron chi connectivity index (χ0n) is 8.64. The van der Waals surface area contributed by atoms with Crippen LogP contribution in [0.4, 0.5) is 0 Å². The summed E-state index contributed by atoms with van der Waals surface area (Å²) in [6.45, 7) is 0. The van der Waals surface area contributed by atoms with Gasteiger partial charge in [0.25, 0.3) is 0 Å². The Labute approximate surface area is 88.7 Å². The summed E-state index contributed by atoms with van der Waals surface area (Å²) < 4.78 is 4.68. The first-order valence-corrected chi connectivity index (χ1v) is 5.05. The van der Waals surface area contributed by atoms with Crippen molar-refractivity contribution in [1.29, 1.82) is 0 Å². The fraction of sp³-hybridized carbons (Fsp3) is 0.417. The SMILES string of the molecule is COC(=O)C1Cc2ccccc2CC1O. The van der Waals surface area contributed by atoms with Crippen LogP contribution in [-0.2, 0) is 22.4 Å². The van der Waals surface area contributed by atoms with Gasteiger partial charge in [0.1, 0.15) is 0 Å². The molecule has 0 spiro atoms. The van der Waals surface area contributed by atoms with E-state index in [2.05, 4.69) is 4.74 Å². The third-order valence-electron chi connectivity index (χ3n) is 2.96. The number of carbonyl (C=O) groups excluding carboxylic acids is 1. The van der Waals surface area contributed by atoms with E-state index in [-0.39, 0.29) is 5.97 Å². The van der Waals surface area contributed by atoms with Crippen molar-refractivity contribution in [2.24, 2.45) is 5.92 Å².